The van der Waals surface area contributed by atoms with Gasteiger partial charge in [-0.05, 0) is 31.2 Å². The van der Waals surface area contributed by atoms with Crippen molar-refractivity contribution in [2.75, 3.05) is 13.2 Å². The van der Waals surface area contributed by atoms with E-state index in [4.69, 9.17) is 9.47 Å². The first-order chi connectivity index (χ1) is 13.4. The number of benzene rings is 2. The minimum Gasteiger partial charge on any atom is -0.486 e. The molecule has 144 valence electrons. The average molecular weight is 399 g/mol. The Labute approximate surface area is 160 Å². The number of aromatic amines is 1. The lowest BCUT2D eigenvalue weighted by atomic mass is 10.1. The summed E-state index contributed by atoms with van der Waals surface area (Å²) in [5.74, 6) is 1.16. The van der Waals surface area contributed by atoms with Crippen LogP contribution in [0.15, 0.2) is 57.3 Å². The van der Waals surface area contributed by atoms with Crippen LogP contribution in [0.4, 0.5) is 0 Å². The topological polar surface area (TPSA) is 110 Å². The molecule has 0 saturated carbocycles. The van der Waals surface area contributed by atoms with Gasteiger partial charge in [0.1, 0.15) is 13.2 Å². The molecule has 4 rings (SSSR count). The van der Waals surface area contributed by atoms with Crippen molar-refractivity contribution in [1.82, 2.24) is 9.82 Å². The molecule has 2 aromatic carbocycles. The van der Waals surface area contributed by atoms with Crippen molar-refractivity contribution >= 4 is 27.1 Å². The molecule has 2 heterocycles. The maximum absolute atomic E-state index is 12.3. The second-order valence-corrected chi connectivity index (χ2v) is 7.96. The minimum atomic E-state index is -3.81. The molecule has 3 aromatic rings. The largest absolute Gasteiger partial charge is 0.486 e. The van der Waals surface area contributed by atoms with Gasteiger partial charge in [-0.25, -0.2) is 4.83 Å². The van der Waals surface area contributed by atoms with E-state index in [1.54, 1.807) is 30.3 Å². The van der Waals surface area contributed by atoms with Crippen molar-refractivity contribution in [1.29, 1.82) is 0 Å². The fourth-order valence-electron chi connectivity index (χ4n) is 2.79. The molecule has 1 aliphatic heterocycles. The van der Waals surface area contributed by atoms with E-state index in [0.29, 0.717) is 35.6 Å². The molecule has 0 atom stereocenters. The predicted molar refractivity (Wildman–Crippen MR) is 105 cm³/mol. The Balaban J connectivity index is 1.61. The number of fused-ring (bicyclic) bond motifs is 2. The molecular formula is C19H17N3O5S. The highest BCUT2D eigenvalue weighted by molar-refractivity contribution is 7.89. The van der Waals surface area contributed by atoms with Gasteiger partial charge >= 0.3 is 0 Å². The first-order valence-electron chi connectivity index (χ1n) is 8.51. The molecule has 2 N–H and O–H groups in total. The summed E-state index contributed by atoms with van der Waals surface area (Å²) in [4.78, 5) is 17.2. The maximum Gasteiger partial charge on any atom is 0.276 e. The molecule has 28 heavy (non-hydrogen) atoms. The maximum atomic E-state index is 12.3. The summed E-state index contributed by atoms with van der Waals surface area (Å²) in [7, 11) is -3.81. The SMILES string of the molecule is Cc1ccc(S(=O)(=O)N/N=C/c2cc3cc4c(cc3[nH]c2=O)OCCO4)cc1. The Kier molecular flexibility index (Phi) is 4.52. The van der Waals surface area contributed by atoms with Crippen molar-refractivity contribution < 1.29 is 17.9 Å². The molecule has 0 amide bonds. The summed E-state index contributed by atoms with van der Waals surface area (Å²) in [6.45, 7) is 2.77. The van der Waals surface area contributed by atoms with Gasteiger partial charge in [-0.2, -0.15) is 13.5 Å². The summed E-state index contributed by atoms with van der Waals surface area (Å²) in [5, 5.41) is 4.44. The Hall–Kier alpha value is -3.33. The Morgan fingerprint density at radius 2 is 1.75 bits per heavy atom. The highest BCUT2D eigenvalue weighted by Crippen LogP contribution is 2.33. The lowest BCUT2D eigenvalue weighted by molar-refractivity contribution is 0.172. The van der Waals surface area contributed by atoms with E-state index in [0.717, 1.165) is 5.56 Å². The quantitative estimate of drug-likeness (QED) is 0.515. The van der Waals surface area contributed by atoms with Crippen LogP contribution in [0.25, 0.3) is 10.9 Å². The van der Waals surface area contributed by atoms with Crippen molar-refractivity contribution in [2.24, 2.45) is 5.10 Å². The third kappa shape index (κ3) is 3.56. The van der Waals surface area contributed by atoms with Gasteiger partial charge in [0.25, 0.3) is 15.6 Å². The van der Waals surface area contributed by atoms with Crippen LogP contribution in [0.5, 0.6) is 11.5 Å². The summed E-state index contributed by atoms with van der Waals surface area (Å²) in [6, 6.07) is 11.4. The fourth-order valence-corrected chi connectivity index (χ4v) is 3.58. The number of nitrogens with zero attached hydrogens (tertiary/aromatic N) is 1. The van der Waals surface area contributed by atoms with Crippen LogP contribution in [-0.2, 0) is 10.0 Å². The zero-order valence-electron chi connectivity index (χ0n) is 14.9. The molecule has 0 fully saturated rings. The molecule has 1 aliphatic rings. The number of sulfonamides is 1. The second kappa shape index (κ2) is 7.01. The molecule has 0 saturated heterocycles. The van der Waals surface area contributed by atoms with Crippen LogP contribution in [0.3, 0.4) is 0 Å². The molecular weight excluding hydrogens is 382 g/mol. The van der Waals surface area contributed by atoms with Crippen LogP contribution < -0.4 is 19.9 Å². The molecule has 0 aliphatic carbocycles. The second-order valence-electron chi connectivity index (χ2n) is 6.30. The van der Waals surface area contributed by atoms with Gasteiger partial charge in [0, 0.05) is 11.5 Å². The highest BCUT2D eigenvalue weighted by Gasteiger charge is 2.14. The number of aryl methyl sites for hydroxylation is 1. The van der Waals surface area contributed by atoms with Gasteiger partial charge in [0.2, 0.25) is 0 Å². The first-order valence-corrected chi connectivity index (χ1v) is 9.99. The summed E-state index contributed by atoms with van der Waals surface area (Å²) in [5.41, 5.74) is 1.34. The van der Waals surface area contributed by atoms with Crippen molar-refractivity contribution in [3.8, 4) is 11.5 Å². The molecule has 8 nitrogen and oxygen atoms in total. The Bertz CT molecular complexity index is 1230. The van der Waals surface area contributed by atoms with Crippen molar-refractivity contribution in [2.45, 2.75) is 11.8 Å². The van der Waals surface area contributed by atoms with Gasteiger partial charge < -0.3 is 14.5 Å². The summed E-state index contributed by atoms with van der Waals surface area (Å²) in [6.07, 6.45) is 1.17. The summed E-state index contributed by atoms with van der Waals surface area (Å²) < 4.78 is 35.5. The first kappa shape index (κ1) is 18.1. The van der Waals surface area contributed by atoms with Crippen LogP contribution in [0.1, 0.15) is 11.1 Å². The number of hydrazone groups is 1. The summed E-state index contributed by atoms with van der Waals surface area (Å²) >= 11 is 0. The standard InChI is InChI=1S/C19H17N3O5S/c1-12-2-4-15(5-3-12)28(24,25)22-20-11-14-8-13-9-17-18(27-7-6-26-17)10-16(13)21-19(14)23/h2-5,8-11,22H,6-7H2,1H3,(H,21,23)/b20-11+. The predicted octanol–water partition coefficient (Wildman–Crippen LogP) is 1.92. The monoisotopic (exact) mass is 399 g/mol. The number of hydrogen-bond donors (Lipinski definition) is 2. The number of rotatable bonds is 4. The lowest BCUT2D eigenvalue weighted by Crippen LogP contribution is -2.20. The van der Waals surface area contributed by atoms with E-state index in [2.05, 4.69) is 14.9 Å². The van der Waals surface area contributed by atoms with Crippen LogP contribution in [0, 0.1) is 6.92 Å². The Morgan fingerprint density at radius 1 is 1.07 bits per heavy atom. The van der Waals surface area contributed by atoms with Crippen LogP contribution in [-0.4, -0.2) is 32.8 Å². The van der Waals surface area contributed by atoms with E-state index in [9.17, 15) is 13.2 Å². The van der Waals surface area contributed by atoms with Gasteiger partial charge in [0.15, 0.2) is 11.5 Å². The van der Waals surface area contributed by atoms with Crippen LogP contribution in [0.2, 0.25) is 0 Å². The number of nitrogens with one attached hydrogen (secondary N) is 2. The zero-order chi connectivity index (χ0) is 19.7. The van der Waals surface area contributed by atoms with Crippen LogP contribution >= 0.6 is 0 Å². The van der Waals surface area contributed by atoms with Gasteiger partial charge in [-0.1, -0.05) is 17.7 Å². The minimum absolute atomic E-state index is 0.0893. The molecule has 1 aromatic heterocycles. The fraction of sp³-hybridized carbons (Fsp3) is 0.158. The zero-order valence-corrected chi connectivity index (χ0v) is 15.7. The van der Waals surface area contributed by atoms with E-state index in [1.165, 1.54) is 18.3 Å². The van der Waals surface area contributed by atoms with E-state index >= 15 is 0 Å². The molecule has 0 spiro atoms. The third-order valence-corrected chi connectivity index (χ3v) is 5.48. The smallest absolute Gasteiger partial charge is 0.276 e. The number of hydrogen-bond acceptors (Lipinski definition) is 6. The van der Waals surface area contributed by atoms with E-state index < -0.39 is 15.6 Å². The lowest BCUT2D eigenvalue weighted by Gasteiger charge is -2.18. The van der Waals surface area contributed by atoms with Gasteiger partial charge in [-0.15, -0.1) is 0 Å². The van der Waals surface area contributed by atoms with E-state index in [-0.39, 0.29) is 10.5 Å². The molecule has 0 bridgehead atoms. The third-order valence-electron chi connectivity index (χ3n) is 4.24. The molecule has 9 heteroatoms. The molecule has 0 unspecified atom stereocenters. The van der Waals surface area contributed by atoms with Crippen molar-refractivity contribution in [3.63, 3.8) is 0 Å². The Morgan fingerprint density at radius 3 is 2.46 bits per heavy atom. The number of H-pyrrole nitrogens is 1. The highest BCUT2D eigenvalue weighted by atomic mass is 32.2. The number of aromatic nitrogens is 1. The molecule has 0 radical (unpaired) electrons. The average Bonchev–Trinajstić information content (AvgIpc) is 2.67. The van der Waals surface area contributed by atoms with Crippen molar-refractivity contribution in [3.05, 3.63) is 63.9 Å². The van der Waals surface area contributed by atoms with Gasteiger partial charge in [-0.3, -0.25) is 4.79 Å². The normalized spacial score (nSPS) is 13.8. The number of pyridine rings is 1. The van der Waals surface area contributed by atoms with E-state index in [1.807, 2.05) is 6.92 Å². The number of ether oxygens (including phenoxy) is 2. The van der Waals surface area contributed by atoms with Gasteiger partial charge in [0.05, 0.1) is 22.2 Å².